The van der Waals surface area contributed by atoms with E-state index in [-0.39, 0.29) is 0 Å². The van der Waals surface area contributed by atoms with Crippen LogP contribution in [0.4, 0.5) is 0 Å². The molecule has 2 heterocycles. The molecule has 0 saturated heterocycles. The lowest BCUT2D eigenvalue weighted by atomic mass is 10.2. The highest BCUT2D eigenvalue weighted by Crippen LogP contribution is 2.30. The molecule has 2 aromatic heterocycles. The molecular weight excluding hydrogens is 314 g/mol. The Morgan fingerprint density at radius 2 is 2.00 bits per heavy atom. The lowest BCUT2D eigenvalue weighted by Gasteiger charge is -2.00. The zero-order valence-electron chi connectivity index (χ0n) is 9.54. The van der Waals surface area contributed by atoms with Gasteiger partial charge in [-0.25, -0.2) is 9.97 Å². The molecule has 0 saturated carbocycles. The van der Waals surface area contributed by atoms with Crippen LogP contribution >= 0.6 is 27.5 Å². The van der Waals surface area contributed by atoms with Gasteiger partial charge in [-0.3, -0.25) is 0 Å². The van der Waals surface area contributed by atoms with Crippen molar-refractivity contribution in [3.8, 4) is 11.4 Å². The van der Waals surface area contributed by atoms with E-state index in [1.165, 1.54) is 0 Å². The second kappa shape index (κ2) is 4.37. The van der Waals surface area contributed by atoms with Crippen molar-refractivity contribution in [1.29, 1.82) is 0 Å². The number of rotatable bonds is 1. The van der Waals surface area contributed by atoms with Crippen LogP contribution in [0, 0.1) is 6.92 Å². The molecule has 3 aromatic rings. The Hall–Kier alpha value is -1.39. The van der Waals surface area contributed by atoms with Crippen LogP contribution in [0.2, 0.25) is 5.02 Å². The summed E-state index contributed by atoms with van der Waals surface area (Å²) in [5.41, 5.74) is 3.52. The lowest BCUT2D eigenvalue weighted by molar-refractivity contribution is 1.22. The number of imidazole rings is 1. The average molecular weight is 323 g/mol. The Morgan fingerprint density at radius 3 is 2.83 bits per heavy atom. The van der Waals surface area contributed by atoms with E-state index in [9.17, 15) is 0 Å². The van der Waals surface area contributed by atoms with Crippen LogP contribution in [-0.2, 0) is 0 Å². The standard InChI is InChI=1S/C13H9BrClN3/c1-7-2-5-11-13(16-7)18-12(17-11)9-6-8(15)3-4-10(9)14/h2-6H,1H3,(H,16,17,18). The van der Waals surface area contributed by atoms with Gasteiger partial charge < -0.3 is 4.98 Å². The third-order valence-electron chi connectivity index (χ3n) is 2.67. The fraction of sp³-hybridized carbons (Fsp3) is 0.0769. The smallest absolute Gasteiger partial charge is 0.178 e. The quantitative estimate of drug-likeness (QED) is 0.723. The van der Waals surface area contributed by atoms with E-state index in [1.54, 1.807) is 0 Å². The summed E-state index contributed by atoms with van der Waals surface area (Å²) in [6, 6.07) is 9.55. The Kier molecular flexibility index (Phi) is 2.84. The summed E-state index contributed by atoms with van der Waals surface area (Å²) in [7, 11) is 0. The largest absolute Gasteiger partial charge is 0.337 e. The van der Waals surface area contributed by atoms with Crippen molar-refractivity contribution in [3.05, 3.63) is 45.5 Å². The van der Waals surface area contributed by atoms with E-state index >= 15 is 0 Å². The third kappa shape index (κ3) is 2.02. The molecule has 0 unspecified atom stereocenters. The lowest BCUT2D eigenvalue weighted by Crippen LogP contribution is -1.83. The van der Waals surface area contributed by atoms with Crippen molar-refractivity contribution in [2.75, 3.05) is 0 Å². The van der Waals surface area contributed by atoms with Gasteiger partial charge in [0.05, 0.1) is 5.52 Å². The first-order valence-electron chi connectivity index (χ1n) is 5.42. The van der Waals surface area contributed by atoms with Crippen molar-refractivity contribution in [2.45, 2.75) is 6.92 Å². The highest BCUT2D eigenvalue weighted by atomic mass is 79.9. The molecule has 0 aliphatic rings. The van der Waals surface area contributed by atoms with Crippen LogP contribution in [0.3, 0.4) is 0 Å². The Balaban J connectivity index is 2.22. The zero-order valence-corrected chi connectivity index (χ0v) is 11.9. The first kappa shape index (κ1) is 11.7. The van der Waals surface area contributed by atoms with Crippen LogP contribution < -0.4 is 0 Å². The minimum absolute atomic E-state index is 0.679. The van der Waals surface area contributed by atoms with Crippen molar-refractivity contribution in [3.63, 3.8) is 0 Å². The fourth-order valence-corrected chi connectivity index (χ4v) is 2.40. The first-order valence-corrected chi connectivity index (χ1v) is 6.59. The number of H-pyrrole nitrogens is 1. The van der Waals surface area contributed by atoms with Gasteiger partial charge in [-0.1, -0.05) is 27.5 Å². The number of aromatic amines is 1. The number of aryl methyl sites for hydroxylation is 1. The van der Waals surface area contributed by atoms with E-state index in [1.807, 2.05) is 37.3 Å². The van der Waals surface area contributed by atoms with Gasteiger partial charge in [0.2, 0.25) is 0 Å². The summed E-state index contributed by atoms with van der Waals surface area (Å²) in [4.78, 5) is 12.1. The second-order valence-electron chi connectivity index (χ2n) is 4.03. The van der Waals surface area contributed by atoms with Crippen molar-refractivity contribution in [1.82, 2.24) is 15.0 Å². The number of hydrogen-bond donors (Lipinski definition) is 1. The molecule has 18 heavy (non-hydrogen) atoms. The van der Waals surface area contributed by atoms with Crippen molar-refractivity contribution >= 4 is 38.7 Å². The topological polar surface area (TPSA) is 41.6 Å². The van der Waals surface area contributed by atoms with E-state index in [2.05, 4.69) is 30.9 Å². The number of nitrogens with zero attached hydrogens (tertiary/aromatic N) is 2. The van der Waals surface area contributed by atoms with Gasteiger partial charge in [0.25, 0.3) is 0 Å². The summed E-state index contributed by atoms with van der Waals surface area (Å²) < 4.78 is 0.947. The second-order valence-corrected chi connectivity index (χ2v) is 5.32. The Morgan fingerprint density at radius 1 is 1.17 bits per heavy atom. The number of halogens is 2. The first-order chi connectivity index (χ1) is 8.63. The zero-order chi connectivity index (χ0) is 12.7. The van der Waals surface area contributed by atoms with E-state index in [0.717, 1.165) is 32.7 Å². The maximum atomic E-state index is 6.01. The van der Waals surface area contributed by atoms with E-state index in [4.69, 9.17) is 11.6 Å². The SMILES string of the molecule is Cc1ccc2[nH]c(-c3cc(Cl)ccc3Br)nc2n1. The average Bonchev–Trinajstić information content (AvgIpc) is 2.74. The normalized spacial score (nSPS) is 11.1. The Bertz CT molecular complexity index is 736. The van der Waals surface area contributed by atoms with Crippen LogP contribution in [0.15, 0.2) is 34.8 Å². The fourth-order valence-electron chi connectivity index (χ4n) is 1.79. The summed E-state index contributed by atoms with van der Waals surface area (Å²) in [6.07, 6.45) is 0. The number of aromatic nitrogens is 3. The molecule has 0 atom stereocenters. The van der Waals surface area contributed by atoms with Gasteiger partial charge in [-0.05, 0) is 37.3 Å². The highest BCUT2D eigenvalue weighted by molar-refractivity contribution is 9.10. The molecule has 0 spiro atoms. The minimum atomic E-state index is 0.679. The highest BCUT2D eigenvalue weighted by Gasteiger charge is 2.10. The number of pyridine rings is 1. The van der Waals surface area contributed by atoms with Crippen molar-refractivity contribution < 1.29 is 0 Å². The summed E-state index contributed by atoms with van der Waals surface area (Å²) >= 11 is 9.51. The van der Waals surface area contributed by atoms with Gasteiger partial charge >= 0.3 is 0 Å². The van der Waals surface area contributed by atoms with Gasteiger partial charge in [-0.15, -0.1) is 0 Å². The molecule has 1 aromatic carbocycles. The Labute approximate surface area is 117 Å². The van der Waals surface area contributed by atoms with Gasteiger partial charge in [0, 0.05) is 20.8 Å². The number of benzene rings is 1. The maximum Gasteiger partial charge on any atom is 0.178 e. The van der Waals surface area contributed by atoms with E-state index in [0.29, 0.717) is 5.02 Å². The molecule has 5 heteroatoms. The van der Waals surface area contributed by atoms with Gasteiger partial charge in [-0.2, -0.15) is 0 Å². The minimum Gasteiger partial charge on any atom is -0.337 e. The monoisotopic (exact) mass is 321 g/mol. The van der Waals surface area contributed by atoms with Crippen LogP contribution in [-0.4, -0.2) is 15.0 Å². The van der Waals surface area contributed by atoms with Crippen LogP contribution in [0.5, 0.6) is 0 Å². The third-order valence-corrected chi connectivity index (χ3v) is 3.60. The predicted octanol–water partition coefficient (Wildman–Crippen LogP) is 4.35. The van der Waals surface area contributed by atoms with Gasteiger partial charge in [0.15, 0.2) is 5.65 Å². The molecule has 0 aliphatic carbocycles. The molecular formula is C13H9BrClN3. The summed E-state index contributed by atoms with van der Waals surface area (Å²) in [5.74, 6) is 0.762. The molecule has 0 fully saturated rings. The predicted molar refractivity (Wildman–Crippen MR) is 76.8 cm³/mol. The van der Waals surface area contributed by atoms with E-state index < -0.39 is 0 Å². The van der Waals surface area contributed by atoms with Gasteiger partial charge in [0.1, 0.15) is 5.82 Å². The summed E-state index contributed by atoms with van der Waals surface area (Å²) in [6.45, 7) is 1.95. The van der Waals surface area contributed by atoms with Crippen LogP contribution in [0.1, 0.15) is 5.69 Å². The molecule has 3 rings (SSSR count). The number of hydrogen-bond acceptors (Lipinski definition) is 2. The van der Waals surface area contributed by atoms with Crippen LogP contribution in [0.25, 0.3) is 22.6 Å². The number of nitrogens with one attached hydrogen (secondary N) is 1. The summed E-state index contributed by atoms with van der Waals surface area (Å²) in [5, 5.41) is 0.679. The molecule has 0 radical (unpaired) electrons. The molecule has 0 bridgehead atoms. The number of fused-ring (bicyclic) bond motifs is 1. The molecule has 0 aliphatic heterocycles. The van der Waals surface area contributed by atoms with Crippen molar-refractivity contribution in [2.24, 2.45) is 0 Å². The molecule has 90 valence electrons. The molecule has 3 nitrogen and oxygen atoms in total. The molecule has 0 amide bonds. The maximum absolute atomic E-state index is 6.01. The molecule has 1 N–H and O–H groups in total.